The number of aliphatic carboxylic acids is 1. The average molecular weight is 281 g/mol. The largest absolute Gasteiger partial charge is 0.481 e. The Morgan fingerprint density at radius 1 is 1.44 bits per heavy atom. The number of hydrogen-bond donors (Lipinski definition) is 2. The molecule has 1 aliphatic rings. The second-order valence-corrected chi connectivity index (χ2v) is 5.72. The zero-order chi connectivity index (χ0) is 13.8. The fourth-order valence-corrected chi connectivity index (χ4v) is 2.77. The van der Waals surface area contributed by atoms with Crippen molar-refractivity contribution in [2.24, 2.45) is 5.92 Å². The molecule has 18 heavy (non-hydrogen) atoms. The van der Waals surface area contributed by atoms with Gasteiger partial charge in [0.2, 0.25) is 10.0 Å². The molecule has 104 valence electrons. The number of methoxy groups -OCH3 is 1. The van der Waals surface area contributed by atoms with E-state index in [1.54, 1.807) is 0 Å². The quantitative estimate of drug-likeness (QED) is 0.573. The first-order valence-electron chi connectivity index (χ1n) is 5.23. The summed E-state index contributed by atoms with van der Waals surface area (Å²) in [5.41, 5.74) is 0. The van der Waals surface area contributed by atoms with Gasteiger partial charge in [0.25, 0.3) is 0 Å². The van der Waals surface area contributed by atoms with Gasteiger partial charge in [0.05, 0.1) is 44.5 Å². The molecule has 0 aromatic carbocycles. The molecule has 0 aromatic rings. The summed E-state index contributed by atoms with van der Waals surface area (Å²) in [6.07, 6.45) is -0.281. The molecule has 2 N–H and O–H groups in total. The number of esters is 1. The lowest BCUT2D eigenvalue weighted by Crippen LogP contribution is -2.43. The molecule has 1 fully saturated rings. The Hall–Kier alpha value is -1.19. The molecule has 1 heterocycles. The number of carboxylic acids is 1. The second-order valence-electron chi connectivity index (χ2n) is 3.85. The van der Waals surface area contributed by atoms with E-state index >= 15 is 0 Å². The Morgan fingerprint density at radius 3 is 2.67 bits per heavy atom. The van der Waals surface area contributed by atoms with Crippen LogP contribution in [0.4, 0.5) is 0 Å². The molecular weight excluding hydrogens is 266 g/mol. The summed E-state index contributed by atoms with van der Waals surface area (Å²) in [5, 5.41) is 8.85. The van der Waals surface area contributed by atoms with Crippen LogP contribution in [0.5, 0.6) is 0 Å². The third kappa shape index (κ3) is 4.24. The predicted octanol–water partition coefficient (Wildman–Crippen LogP) is -1.43. The minimum absolute atomic E-state index is 0.00835. The van der Waals surface area contributed by atoms with Crippen LogP contribution in [-0.4, -0.2) is 57.6 Å². The van der Waals surface area contributed by atoms with Crippen LogP contribution in [0.3, 0.4) is 0 Å². The van der Waals surface area contributed by atoms with Crippen molar-refractivity contribution in [3.63, 3.8) is 0 Å². The van der Waals surface area contributed by atoms with E-state index in [0.29, 0.717) is 0 Å². The Balaban J connectivity index is 2.54. The summed E-state index contributed by atoms with van der Waals surface area (Å²) in [5.74, 6) is -3.11. The summed E-state index contributed by atoms with van der Waals surface area (Å²) in [6.45, 7) is -0.0199. The SMILES string of the molecule is COC(=O)CCS(=O)(=O)NC1COCC1C(=O)O. The van der Waals surface area contributed by atoms with Crippen molar-refractivity contribution >= 4 is 22.0 Å². The predicted molar refractivity (Wildman–Crippen MR) is 59.3 cm³/mol. The Kier molecular flexibility index (Phi) is 5.05. The lowest BCUT2D eigenvalue weighted by atomic mass is 10.1. The summed E-state index contributed by atoms with van der Waals surface area (Å²) in [4.78, 5) is 21.7. The molecule has 0 aromatic heterocycles. The topological polar surface area (TPSA) is 119 Å². The number of ether oxygens (including phenoxy) is 2. The van der Waals surface area contributed by atoms with Gasteiger partial charge in [-0.25, -0.2) is 13.1 Å². The normalized spacial score (nSPS) is 23.8. The average Bonchev–Trinajstić information content (AvgIpc) is 2.73. The van der Waals surface area contributed by atoms with Crippen LogP contribution in [0, 0.1) is 5.92 Å². The number of carbonyl (C=O) groups is 2. The number of carboxylic acid groups (broad SMARTS) is 1. The van der Waals surface area contributed by atoms with Gasteiger partial charge in [0.1, 0.15) is 0 Å². The number of nitrogens with one attached hydrogen (secondary N) is 1. The zero-order valence-electron chi connectivity index (χ0n) is 9.79. The van der Waals surface area contributed by atoms with E-state index in [9.17, 15) is 18.0 Å². The van der Waals surface area contributed by atoms with Crippen LogP contribution >= 0.6 is 0 Å². The van der Waals surface area contributed by atoms with E-state index in [-0.39, 0.29) is 19.6 Å². The van der Waals surface area contributed by atoms with Gasteiger partial charge in [-0.15, -0.1) is 0 Å². The van der Waals surface area contributed by atoms with Crippen molar-refractivity contribution in [3.8, 4) is 0 Å². The van der Waals surface area contributed by atoms with Crippen LogP contribution < -0.4 is 4.72 Å². The van der Waals surface area contributed by atoms with Crippen molar-refractivity contribution in [2.75, 3.05) is 26.1 Å². The Morgan fingerprint density at radius 2 is 2.11 bits per heavy atom. The highest BCUT2D eigenvalue weighted by Gasteiger charge is 2.36. The minimum Gasteiger partial charge on any atom is -0.481 e. The molecule has 8 nitrogen and oxygen atoms in total. The fraction of sp³-hybridized carbons (Fsp3) is 0.778. The van der Waals surface area contributed by atoms with Crippen LogP contribution in [0.1, 0.15) is 6.42 Å². The van der Waals surface area contributed by atoms with Crippen LogP contribution in [-0.2, 0) is 29.1 Å². The molecule has 0 aliphatic carbocycles. The number of hydrogen-bond acceptors (Lipinski definition) is 6. The van der Waals surface area contributed by atoms with Crippen LogP contribution in [0.15, 0.2) is 0 Å². The number of carbonyl (C=O) groups excluding carboxylic acids is 1. The van der Waals surface area contributed by atoms with E-state index in [4.69, 9.17) is 9.84 Å². The Labute approximate surface area is 104 Å². The van der Waals surface area contributed by atoms with Gasteiger partial charge in [0.15, 0.2) is 0 Å². The highest BCUT2D eigenvalue weighted by Crippen LogP contribution is 2.15. The molecule has 1 rings (SSSR count). The molecule has 0 radical (unpaired) electrons. The highest BCUT2D eigenvalue weighted by molar-refractivity contribution is 7.89. The van der Waals surface area contributed by atoms with Gasteiger partial charge in [-0.05, 0) is 0 Å². The van der Waals surface area contributed by atoms with E-state index in [0.717, 1.165) is 7.11 Å². The first-order valence-corrected chi connectivity index (χ1v) is 6.88. The van der Waals surface area contributed by atoms with Crippen LogP contribution in [0.2, 0.25) is 0 Å². The van der Waals surface area contributed by atoms with Crippen molar-refractivity contribution < 1.29 is 32.6 Å². The van der Waals surface area contributed by atoms with E-state index in [1.165, 1.54) is 0 Å². The fourth-order valence-electron chi connectivity index (χ4n) is 1.52. The molecule has 1 aliphatic heterocycles. The third-order valence-corrected chi connectivity index (χ3v) is 3.93. The monoisotopic (exact) mass is 281 g/mol. The van der Waals surface area contributed by atoms with Crippen molar-refractivity contribution in [1.29, 1.82) is 0 Å². The van der Waals surface area contributed by atoms with E-state index in [1.807, 2.05) is 0 Å². The van der Waals surface area contributed by atoms with Gasteiger partial charge in [0, 0.05) is 0 Å². The molecular formula is C9H15NO7S. The first kappa shape index (κ1) is 14.9. The van der Waals surface area contributed by atoms with Gasteiger partial charge in [-0.1, -0.05) is 0 Å². The summed E-state index contributed by atoms with van der Waals surface area (Å²) in [7, 11) is -2.57. The summed E-state index contributed by atoms with van der Waals surface area (Å²) in [6, 6.07) is -0.801. The molecule has 9 heteroatoms. The number of sulfonamides is 1. The number of rotatable bonds is 6. The molecule has 0 spiro atoms. The van der Waals surface area contributed by atoms with E-state index < -0.39 is 39.7 Å². The lowest BCUT2D eigenvalue weighted by Gasteiger charge is -2.15. The molecule has 0 bridgehead atoms. The smallest absolute Gasteiger partial charge is 0.310 e. The Bertz CT molecular complexity index is 419. The van der Waals surface area contributed by atoms with Crippen molar-refractivity contribution in [2.45, 2.75) is 12.5 Å². The summed E-state index contributed by atoms with van der Waals surface area (Å²) >= 11 is 0. The molecule has 2 unspecified atom stereocenters. The standard InChI is InChI=1S/C9H15NO7S/c1-16-8(11)2-3-18(14,15)10-7-5-17-4-6(7)9(12)13/h6-7,10H,2-5H2,1H3,(H,12,13). The van der Waals surface area contributed by atoms with Crippen LogP contribution in [0.25, 0.3) is 0 Å². The minimum atomic E-state index is -3.73. The molecule has 1 saturated heterocycles. The lowest BCUT2D eigenvalue weighted by molar-refractivity contribution is -0.142. The molecule has 0 saturated carbocycles. The van der Waals surface area contributed by atoms with Gasteiger partial charge < -0.3 is 14.6 Å². The van der Waals surface area contributed by atoms with Crippen molar-refractivity contribution in [3.05, 3.63) is 0 Å². The van der Waals surface area contributed by atoms with E-state index in [2.05, 4.69) is 9.46 Å². The molecule has 0 amide bonds. The van der Waals surface area contributed by atoms with Gasteiger partial charge in [-0.2, -0.15) is 0 Å². The second kappa shape index (κ2) is 6.12. The van der Waals surface area contributed by atoms with Gasteiger partial charge in [-0.3, -0.25) is 9.59 Å². The summed E-state index contributed by atoms with van der Waals surface area (Å²) < 4.78 is 34.7. The highest BCUT2D eigenvalue weighted by atomic mass is 32.2. The maximum Gasteiger partial charge on any atom is 0.310 e. The maximum atomic E-state index is 11.6. The first-order chi connectivity index (χ1) is 8.35. The maximum absolute atomic E-state index is 11.6. The molecule has 2 atom stereocenters. The zero-order valence-corrected chi connectivity index (χ0v) is 10.6. The van der Waals surface area contributed by atoms with Crippen molar-refractivity contribution in [1.82, 2.24) is 4.72 Å². The van der Waals surface area contributed by atoms with Gasteiger partial charge >= 0.3 is 11.9 Å². The third-order valence-electron chi connectivity index (χ3n) is 2.53.